The van der Waals surface area contributed by atoms with Crippen LogP contribution in [0.15, 0.2) is 24.3 Å². The largest absolute Gasteiger partial charge is 0.384 e. The number of likely N-dealkylation sites (N-methyl/N-ethyl adjacent to an activating group) is 1. The van der Waals surface area contributed by atoms with E-state index in [9.17, 15) is 4.79 Å². The summed E-state index contributed by atoms with van der Waals surface area (Å²) >= 11 is 0. The number of rotatable bonds is 7. The molecule has 2 N–H and O–H groups in total. The summed E-state index contributed by atoms with van der Waals surface area (Å²) in [7, 11) is 2.11. The van der Waals surface area contributed by atoms with Crippen LogP contribution >= 0.6 is 0 Å². The predicted molar refractivity (Wildman–Crippen MR) is 87.7 cm³/mol. The van der Waals surface area contributed by atoms with E-state index >= 15 is 0 Å². The molecule has 1 aromatic carbocycles. The van der Waals surface area contributed by atoms with Crippen LogP contribution in [0, 0.1) is 0 Å². The van der Waals surface area contributed by atoms with Crippen LogP contribution in [0.4, 0.5) is 5.69 Å². The Morgan fingerprint density at radius 1 is 1.48 bits per heavy atom. The van der Waals surface area contributed by atoms with Gasteiger partial charge in [-0.15, -0.1) is 0 Å². The molecule has 2 unspecified atom stereocenters. The van der Waals surface area contributed by atoms with Gasteiger partial charge in [-0.3, -0.25) is 4.79 Å². The van der Waals surface area contributed by atoms with Gasteiger partial charge in [-0.2, -0.15) is 0 Å². The van der Waals surface area contributed by atoms with Gasteiger partial charge >= 0.3 is 0 Å². The summed E-state index contributed by atoms with van der Waals surface area (Å²) in [5.74, 6) is 0.449. The Morgan fingerprint density at radius 3 is 3.00 bits per heavy atom. The molecular weight excluding hydrogens is 262 g/mol. The molecule has 0 saturated heterocycles. The van der Waals surface area contributed by atoms with Gasteiger partial charge in [0.1, 0.15) is 0 Å². The van der Waals surface area contributed by atoms with Crippen molar-refractivity contribution in [2.45, 2.75) is 38.6 Å². The number of nitrogens with zero attached hydrogens (tertiary/aromatic N) is 1. The number of fused-ring (bicyclic) bond motifs is 1. The zero-order valence-corrected chi connectivity index (χ0v) is 13.4. The van der Waals surface area contributed by atoms with Crippen molar-refractivity contribution >= 4 is 11.6 Å². The van der Waals surface area contributed by atoms with E-state index in [1.54, 1.807) is 0 Å². The molecule has 21 heavy (non-hydrogen) atoms. The van der Waals surface area contributed by atoms with Gasteiger partial charge in [-0.05, 0) is 32.0 Å². The van der Waals surface area contributed by atoms with Crippen molar-refractivity contribution < 1.29 is 4.79 Å². The summed E-state index contributed by atoms with van der Waals surface area (Å²) in [6, 6.07) is 8.82. The highest BCUT2D eigenvalue weighted by Gasteiger charge is 2.23. The maximum Gasteiger partial charge on any atom is 0.220 e. The minimum Gasteiger partial charge on any atom is -0.384 e. The molecule has 0 radical (unpaired) electrons. The molecule has 4 heteroatoms. The van der Waals surface area contributed by atoms with Crippen LogP contribution in [0.2, 0.25) is 0 Å². The summed E-state index contributed by atoms with van der Waals surface area (Å²) in [5.41, 5.74) is 2.44. The van der Waals surface area contributed by atoms with Gasteiger partial charge in [-0.25, -0.2) is 0 Å². The van der Waals surface area contributed by atoms with Gasteiger partial charge < -0.3 is 15.5 Å². The molecule has 0 fully saturated rings. The van der Waals surface area contributed by atoms with Crippen molar-refractivity contribution in [3.63, 3.8) is 0 Å². The third-order valence-electron chi connectivity index (χ3n) is 4.50. The van der Waals surface area contributed by atoms with Crippen molar-refractivity contribution in [2.24, 2.45) is 0 Å². The molecule has 0 spiro atoms. The number of anilines is 1. The van der Waals surface area contributed by atoms with Crippen LogP contribution in [-0.2, 0) is 4.79 Å². The highest BCUT2D eigenvalue weighted by Crippen LogP contribution is 2.32. The Hall–Kier alpha value is -1.55. The van der Waals surface area contributed by atoms with E-state index in [0.29, 0.717) is 18.4 Å². The van der Waals surface area contributed by atoms with Crippen LogP contribution in [0.5, 0.6) is 0 Å². The van der Waals surface area contributed by atoms with Crippen LogP contribution < -0.4 is 10.6 Å². The normalized spacial score (nSPS) is 18.2. The first-order valence-electron chi connectivity index (χ1n) is 7.91. The Labute approximate surface area is 127 Å². The number of carbonyl (C=O) groups is 1. The molecule has 1 amide bonds. The molecule has 116 valence electrons. The van der Waals surface area contributed by atoms with Crippen LogP contribution in [-0.4, -0.2) is 43.5 Å². The van der Waals surface area contributed by atoms with Gasteiger partial charge in [0, 0.05) is 43.7 Å². The molecular formula is C17H27N3O. The van der Waals surface area contributed by atoms with Crippen LogP contribution in [0.25, 0.3) is 0 Å². The van der Waals surface area contributed by atoms with Crippen molar-refractivity contribution in [3.05, 3.63) is 29.8 Å². The number of para-hydroxylation sites is 1. The van der Waals surface area contributed by atoms with E-state index in [1.165, 1.54) is 11.3 Å². The fourth-order valence-electron chi connectivity index (χ4n) is 2.74. The van der Waals surface area contributed by atoms with Crippen LogP contribution in [0.1, 0.15) is 38.2 Å². The van der Waals surface area contributed by atoms with E-state index in [0.717, 1.165) is 26.1 Å². The quantitative estimate of drug-likeness (QED) is 0.810. The molecule has 1 heterocycles. The van der Waals surface area contributed by atoms with Crippen molar-refractivity contribution in [3.8, 4) is 0 Å². The smallest absolute Gasteiger partial charge is 0.220 e. The van der Waals surface area contributed by atoms with E-state index < -0.39 is 0 Å². The number of nitrogens with one attached hydrogen (secondary N) is 2. The first kappa shape index (κ1) is 15.8. The van der Waals surface area contributed by atoms with Gasteiger partial charge in [0.05, 0.1) is 0 Å². The standard InChI is InChI=1S/C17H27N3O/c1-4-13(2)20(3)10-9-18-17(21)11-14-12-19-16-8-6-5-7-15(14)16/h5-8,13-14,19H,4,9-12H2,1-3H3,(H,18,21). The number of amides is 1. The SMILES string of the molecule is CCC(C)N(C)CCNC(=O)CC1CNc2ccccc21. The summed E-state index contributed by atoms with van der Waals surface area (Å²) in [6.07, 6.45) is 1.70. The first-order valence-corrected chi connectivity index (χ1v) is 7.91. The van der Waals surface area contributed by atoms with Crippen molar-refractivity contribution in [1.29, 1.82) is 0 Å². The highest BCUT2D eigenvalue weighted by atomic mass is 16.1. The molecule has 2 atom stereocenters. The Bertz CT molecular complexity index is 475. The predicted octanol–water partition coefficient (Wildman–Crippen LogP) is 2.43. The lowest BCUT2D eigenvalue weighted by atomic mass is 9.97. The second-order valence-corrected chi connectivity index (χ2v) is 5.96. The number of carbonyl (C=O) groups excluding carboxylic acids is 1. The summed E-state index contributed by atoms with van der Waals surface area (Å²) in [4.78, 5) is 14.4. The van der Waals surface area contributed by atoms with Gasteiger partial charge in [-0.1, -0.05) is 25.1 Å². The first-order chi connectivity index (χ1) is 10.1. The number of hydrogen-bond donors (Lipinski definition) is 2. The molecule has 1 aliphatic heterocycles. The molecule has 0 bridgehead atoms. The third-order valence-corrected chi connectivity index (χ3v) is 4.50. The van der Waals surface area contributed by atoms with E-state index in [4.69, 9.17) is 0 Å². The third kappa shape index (κ3) is 4.21. The molecule has 2 rings (SSSR count). The Balaban J connectivity index is 1.74. The zero-order valence-electron chi connectivity index (χ0n) is 13.4. The lowest BCUT2D eigenvalue weighted by molar-refractivity contribution is -0.121. The lowest BCUT2D eigenvalue weighted by Gasteiger charge is -2.23. The second kappa shape index (κ2) is 7.46. The van der Waals surface area contributed by atoms with Gasteiger partial charge in [0.15, 0.2) is 0 Å². The molecule has 4 nitrogen and oxygen atoms in total. The van der Waals surface area contributed by atoms with Crippen molar-refractivity contribution in [1.82, 2.24) is 10.2 Å². The van der Waals surface area contributed by atoms with Crippen molar-refractivity contribution in [2.75, 3.05) is 32.0 Å². The fourth-order valence-corrected chi connectivity index (χ4v) is 2.74. The maximum absolute atomic E-state index is 12.1. The van der Waals surface area contributed by atoms with Gasteiger partial charge in [0.25, 0.3) is 0 Å². The summed E-state index contributed by atoms with van der Waals surface area (Å²) in [6.45, 7) is 6.88. The van der Waals surface area contributed by atoms with E-state index in [-0.39, 0.29) is 5.91 Å². The second-order valence-electron chi connectivity index (χ2n) is 5.96. The minimum atomic E-state index is 0.149. The molecule has 1 aliphatic rings. The molecule has 0 aliphatic carbocycles. The van der Waals surface area contributed by atoms with E-state index in [1.807, 2.05) is 12.1 Å². The van der Waals surface area contributed by atoms with E-state index in [2.05, 4.69) is 48.6 Å². The summed E-state index contributed by atoms with van der Waals surface area (Å²) < 4.78 is 0. The average Bonchev–Trinajstić information content (AvgIpc) is 2.89. The minimum absolute atomic E-state index is 0.149. The topological polar surface area (TPSA) is 44.4 Å². The number of hydrogen-bond acceptors (Lipinski definition) is 3. The zero-order chi connectivity index (χ0) is 15.2. The number of benzene rings is 1. The molecule has 0 aromatic heterocycles. The summed E-state index contributed by atoms with van der Waals surface area (Å²) in [5, 5.41) is 6.41. The fraction of sp³-hybridized carbons (Fsp3) is 0.588. The van der Waals surface area contributed by atoms with Gasteiger partial charge in [0.2, 0.25) is 5.91 Å². The highest BCUT2D eigenvalue weighted by molar-refractivity contribution is 5.78. The lowest BCUT2D eigenvalue weighted by Crippen LogP contribution is -2.37. The monoisotopic (exact) mass is 289 g/mol. The Morgan fingerprint density at radius 2 is 2.24 bits per heavy atom. The van der Waals surface area contributed by atoms with Crippen LogP contribution in [0.3, 0.4) is 0 Å². The molecule has 1 aromatic rings. The maximum atomic E-state index is 12.1. The average molecular weight is 289 g/mol. The molecule has 0 saturated carbocycles. The Kier molecular flexibility index (Phi) is 5.62.